The number of ether oxygens (including phenoxy) is 1. The maximum atomic E-state index is 12.0. The van der Waals surface area contributed by atoms with E-state index in [1.54, 1.807) is 0 Å². The molecule has 0 aromatic rings. The van der Waals surface area contributed by atoms with Gasteiger partial charge in [-0.05, 0) is 26.2 Å². The van der Waals surface area contributed by atoms with Crippen LogP contribution in [0.2, 0.25) is 0 Å². The number of carbonyl (C=O) groups excluding carboxylic acids is 2. The van der Waals surface area contributed by atoms with Crippen molar-refractivity contribution < 1.29 is 14.3 Å². The molecular weight excluding hydrogens is 326 g/mol. The summed E-state index contributed by atoms with van der Waals surface area (Å²) >= 11 is 0. The minimum absolute atomic E-state index is 0.0812. The van der Waals surface area contributed by atoms with Gasteiger partial charge in [0.1, 0.15) is 6.10 Å². The third kappa shape index (κ3) is 16.4. The van der Waals surface area contributed by atoms with Crippen LogP contribution in [0.15, 0.2) is 0 Å². The van der Waals surface area contributed by atoms with Crippen LogP contribution in [-0.2, 0) is 14.3 Å². The molecule has 0 rings (SSSR count). The summed E-state index contributed by atoms with van der Waals surface area (Å²) in [4.78, 5) is 23.8. The lowest BCUT2D eigenvalue weighted by atomic mass is 10.0. The molecular formula is C22H42NO3. The molecule has 26 heavy (non-hydrogen) atoms. The minimum Gasteiger partial charge on any atom is -0.462 e. The molecule has 0 aliphatic rings. The predicted molar refractivity (Wildman–Crippen MR) is 109 cm³/mol. The Morgan fingerprint density at radius 1 is 0.846 bits per heavy atom. The average molecular weight is 369 g/mol. The van der Waals surface area contributed by atoms with Crippen LogP contribution in [-0.4, -0.2) is 24.5 Å². The number of carbonyl (C=O) groups is 2. The zero-order valence-electron chi connectivity index (χ0n) is 17.3. The molecule has 0 saturated carbocycles. The van der Waals surface area contributed by atoms with Crippen molar-refractivity contribution in [3.63, 3.8) is 0 Å². The molecule has 0 aliphatic carbocycles. The van der Waals surface area contributed by atoms with Gasteiger partial charge >= 0.3 is 5.97 Å². The van der Waals surface area contributed by atoms with Crippen molar-refractivity contribution in [2.75, 3.05) is 6.54 Å². The summed E-state index contributed by atoms with van der Waals surface area (Å²) in [6.45, 7) is 8.35. The number of hydrogen-bond donors (Lipinski definition) is 1. The molecule has 153 valence electrons. The molecule has 1 N–H and O–H groups in total. The standard InChI is InChI=1S/C22H42NO3/c1-4-7-9-10-11-12-13-14-16-17-20(19-21(24)23-6-3)26-22(25)18-15-8-5-2/h20H,3-19H2,1-2H3,(H,23,24)/t20-/m1/s1. The molecule has 0 heterocycles. The Hall–Kier alpha value is -1.06. The molecule has 4 nitrogen and oxygen atoms in total. The second kappa shape index (κ2) is 18.7. The molecule has 0 spiro atoms. The van der Waals surface area contributed by atoms with Crippen LogP contribution in [0.25, 0.3) is 0 Å². The normalized spacial score (nSPS) is 12.0. The molecule has 0 bridgehead atoms. The van der Waals surface area contributed by atoms with E-state index >= 15 is 0 Å². The van der Waals surface area contributed by atoms with Gasteiger partial charge in [-0.25, -0.2) is 0 Å². The van der Waals surface area contributed by atoms with Crippen LogP contribution in [0.3, 0.4) is 0 Å². The second-order valence-corrected chi connectivity index (χ2v) is 7.24. The predicted octanol–water partition coefficient (Wildman–Crippen LogP) is 5.74. The number of rotatable bonds is 18. The zero-order valence-corrected chi connectivity index (χ0v) is 17.3. The van der Waals surface area contributed by atoms with Crippen molar-refractivity contribution >= 4 is 11.9 Å². The van der Waals surface area contributed by atoms with Crippen LogP contribution in [0.4, 0.5) is 0 Å². The molecule has 1 atom stereocenters. The van der Waals surface area contributed by atoms with E-state index in [1.807, 2.05) is 0 Å². The number of unbranched alkanes of at least 4 members (excludes halogenated alkanes) is 10. The van der Waals surface area contributed by atoms with Crippen molar-refractivity contribution in [3.8, 4) is 0 Å². The Kier molecular flexibility index (Phi) is 18.0. The number of esters is 1. The Balaban J connectivity index is 3.99. The van der Waals surface area contributed by atoms with E-state index in [4.69, 9.17) is 4.74 Å². The molecule has 0 saturated heterocycles. The van der Waals surface area contributed by atoms with Crippen molar-refractivity contribution in [2.45, 2.75) is 116 Å². The van der Waals surface area contributed by atoms with E-state index in [0.29, 0.717) is 13.0 Å². The Bertz CT molecular complexity index is 344. The van der Waals surface area contributed by atoms with E-state index in [-0.39, 0.29) is 24.4 Å². The van der Waals surface area contributed by atoms with Crippen molar-refractivity contribution in [2.24, 2.45) is 0 Å². The summed E-state index contributed by atoms with van der Waals surface area (Å²) in [5, 5.41) is 2.70. The Labute approximate surface area is 161 Å². The van der Waals surface area contributed by atoms with E-state index < -0.39 is 0 Å². The second-order valence-electron chi connectivity index (χ2n) is 7.24. The van der Waals surface area contributed by atoms with Gasteiger partial charge in [0.2, 0.25) is 5.91 Å². The SMILES string of the molecule is [CH2]CNC(=O)C[C@@H](CCCCCCCCCCC)OC(=O)CCCCC. The van der Waals surface area contributed by atoms with Crippen LogP contribution < -0.4 is 5.32 Å². The number of hydrogen-bond acceptors (Lipinski definition) is 3. The summed E-state index contributed by atoms with van der Waals surface area (Å²) in [6, 6.07) is 0. The van der Waals surface area contributed by atoms with Crippen LogP contribution in [0.5, 0.6) is 0 Å². The van der Waals surface area contributed by atoms with Crippen molar-refractivity contribution in [3.05, 3.63) is 6.92 Å². The molecule has 0 fully saturated rings. The minimum atomic E-state index is -0.291. The summed E-state index contributed by atoms with van der Waals surface area (Å²) in [6.07, 6.45) is 15.5. The van der Waals surface area contributed by atoms with Crippen LogP contribution >= 0.6 is 0 Å². The molecule has 0 aliphatic heterocycles. The zero-order chi connectivity index (χ0) is 19.5. The molecule has 0 aromatic heterocycles. The Morgan fingerprint density at radius 2 is 1.38 bits per heavy atom. The topological polar surface area (TPSA) is 55.4 Å². The van der Waals surface area contributed by atoms with Gasteiger partial charge in [0.25, 0.3) is 0 Å². The smallest absolute Gasteiger partial charge is 0.306 e. The maximum absolute atomic E-state index is 12.0. The summed E-state index contributed by atoms with van der Waals surface area (Å²) < 4.78 is 5.57. The van der Waals surface area contributed by atoms with E-state index in [1.165, 1.54) is 44.9 Å². The van der Waals surface area contributed by atoms with E-state index in [0.717, 1.165) is 38.5 Å². The van der Waals surface area contributed by atoms with Crippen LogP contribution in [0.1, 0.15) is 110 Å². The third-order valence-corrected chi connectivity index (χ3v) is 4.65. The largest absolute Gasteiger partial charge is 0.462 e. The molecule has 1 radical (unpaired) electrons. The lowest BCUT2D eigenvalue weighted by Crippen LogP contribution is -2.29. The first-order valence-electron chi connectivity index (χ1n) is 10.9. The van der Waals surface area contributed by atoms with Gasteiger partial charge in [-0.1, -0.05) is 78.1 Å². The monoisotopic (exact) mass is 368 g/mol. The first kappa shape index (κ1) is 24.9. The lowest BCUT2D eigenvalue weighted by Gasteiger charge is -2.17. The maximum Gasteiger partial charge on any atom is 0.306 e. The molecule has 0 aromatic carbocycles. The number of amides is 1. The fraction of sp³-hybridized carbons (Fsp3) is 0.864. The van der Waals surface area contributed by atoms with Crippen LogP contribution in [0, 0.1) is 6.92 Å². The van der Waals surface area contributed by atoms with Crippen molar-refractivity contribution in [1.82, 2.24) is 5.32 Å². The fourth-order valence-corrected chi connectivity index (χ4v) is 3.07. The first-order chi connectivity index (χ1) is 12.6. The third-order valence-electron chi connectivity index (χ3n) is 4.65. The summed E-state index contributed by atoms with van der Waals surface area (Å²) in [5.74, 6) is -0.246. The highest BCUT2D eigenvalue weighted by atomic mass is 16.5. The quantitative estimate of drug-likeness (QED) is 0.248. The van der Waals surface area contributed by atoms with Gasteiger partial charge < -0.3 is 10.1 Å². The van der Waals surface area contributed by atoms with Crippen molar-refractivity contribution in [1.29, 1.82) is 0 Å². The average Bonchev–Trinajstić information content (AvgIpc) is 2.60. The van der Waals surface area contributed by atoms with Gasteiger partial charge in [-0.3, -0.25) is 9.59 Å². The highest BCUT2D eigenvalue weighted by molar-refractivity contribution is 5.77. The van der Waals surface area contributed by atoms with Gasteiger partial charge in [0, 0.05) is 13.0 Å². The summed E-state index contributed by atoms with van der Waals surface area (Å²) in [7, 11) is 0. The highest BCUT2D eigenvalue weighted by Gasteiger charge is 2.17. The van der Waals surface area contributed by atoms with Gasteiger partial charge in [-0.15, -0.1) is 0 Å². The highest BCUT2D eigenvalue weighted by Crippen LogP contribution is 2.15. The molecule has 0 unspecified atom stereocenters. The molecule has 1 amide bonds. The van der Waals surface area contributed by atoms with E-state index in [2.05, 4.69) is 26.1 Å². The lowest BCUT2D eigenvalue weighted by molar-refractivity contribution is -0.150. The van der Waals surface area contributed by atoms with Gasteiger partial charge in [0.05, 0.1) is 6.42 Å². The van der Waals surface area contributed by atoms with E-state index in [9.17, 15) is 9.59 Å². The van der Waals surface area contributed by atoms with Gasteiger partial charge in [0.15, 0.2) is 0 Å². The Morgan fingerprint density at radius 3 is 1.96 bits per heavy atom. The number of nitrogens with one attached hydrogen (secondary N) is 1. The van der Waals surface area contributed by atoms with Gasteiger partial charge in [-0.2, -0.15) is 0 Å². The first-order valence-corrected chi connectivity index (χ1v) is 10.9. The summed E-state index contributed by atoms with van der Waals surface area (Å²) in [5.41, 5.74) is 0. The molecule has 4 heteroatoms. The fourth-order valence-electron chi connectivity index (χ4n) is 3.07.